The van der Waals surface area contributed by atoms with Gasteiger partial charge < -0.3 is 36.0 Å². The lowest BCUT2D eigenvalue weighted by Crippen LogP contribution is -2.68. The van der Waals surface area contributed by atoms with Crippen LogP contribution in [0.25, 0.3) is 0 Å². The second kappa shape index (κ2) is 10.5. The van der Waals surface area contributed by atoms with E-state index in [0.717, 1.165) is 0 Å². The number of piperidine rings is 2. The molecule has 0 spiro atoms. The zero-order valence-corrected chi connectivity index (χ0v) is 16.4. The lowest BCUT2D eigenvalue weighted by atomic mass is 9.93. The van der Waals surface area contributed by atoms with E-state index in [1.807, 2.05) is 0 Å². The molecule has 6 N–H and O–H groups in total. The highest BCUT2D eigenvalue weighted by Crippen LogP contribution is 2.23. The van der Waals surface area contributed by atoms with E-state index in [9.17, 15) is 33.7 Å². The average molecular weight is 424 g/mol. The molecule has 0 aromatic heterocycles. The Balaban J connectivity index is 2.11. The highest BCUT2D eigenvalue weighted by atomic mass is 19.1. The summed E-state index contributed by atoms with van der Waals surface area (Å²) < 4.78 is 34.0. The van der Waals surface area contributed by atoms with Crippen molar-refractivity contribution in [3.05, 3.63) is 0 Å². The molecule has 2 heterocycles. The predicted molar refractivity (Wildman–Crippen MR) is 97.2 cm³/mol. The predicted octanol–water partition coefficient (Wildman–Crippen LogP) is -2.98. The number of aliphatic hydroxyl groups is 3. The molecule has 0 bridgehead atoms. The zero-order chi connectivity index (χ0) is 21.7. The van der Waals surface area contributed by atoms with Gasteiger partial charge in [-0.15, -0.1) is 0 Å². The van der Waals surface area contributed by atoms with Crippen molar-refractivity contribution in [1.29, 1.82) is 0 Å². The van der Waals surface area contributed by atoms with E-state index in [1.165, 1.54) is 18.7 Å². The summed E-state index contributed by atoms with van der Waals surface area (Å²) in [5, 5.41) is 37.5. The van der Waals surface area contributed by atoms with Gasteiger partial charge in [0.25, 0.3) is 0 Å². The van der Waals surface area contributed by atoms with Gasteiger partial charge in [-0.2, -0.15) is 0 Å². The number of ether oxygens (including phenoxy) is 1. The Labute approximate surface area is 167 Å². The number of rotatable bonds is 7. The number of likely N-dealkylation sites (tertiary alicyclic amines) is 1. The minimum absolute atomic E-state index is 0.0253. The molecule has 8 atom stereocenters. The molecule has 2 rings (SSSR count). The maximum atomic E-state index is 14.8. The van der Waals surface area contributed by atoms with Gasteiger partial charge in [-0.1, -0.05) is 0 Å². The van der Waals surface area contributed by atoms with Gasteiger partial charge in [0.05, 0.1) is 30.8 Å². The van der Waals surface area contributed by atoms with Crippen molar-refractivity contribution in [1.82, 2.24) is 20.9 Å². The number of amides is 2. The van der Waals surface area contributed by atoms with Gasteiger partial charge in [0.1, 0.15) is 37.9 Å². The fourth-order valence-corrected chi connectivity index (χ4v) is 3.81. The minimum atomic E-state index is -1.65. The Morgan fingerprint density at radius 2 is 1.79 bits per heavy atom. The Morgan fingerprint density at radius 3 is 2.34 bits per heavy atom. The van der Waals surface area contributed by atoms with E-state index in [-0.39, 0.29) is 25.7 Å². The van der Waals surface area contributed by atoms with Gasteiger partial charge in [-0.25, -0.2) is 8.78 Å². The number of nitrogens with one attached hydrogen (secondary N) is 3. The maximum Gasteiger partial charge on any atom is 0.217 e. The smallest absolute Gasteiger partial charge is 0.217 e. The van der Waals surface area contributed by atoms with Crippen LogP contribution in [0.2, 0.25) is 0 Å². The molecule has 2 amide bonds. The van der Waals surface area contributed by atoms with Crippen molar-refractivity contribution in [3.8, 4) is 0 Å². The quantitative estimate of drug-likeness (QED) is 0.254. The molecule has 168 valence electrons. The number of carbonyl (C=O) groups excluding carboxylic acids is 2. The second-order valence-corrected chi connectivity index (χ2v) is 7.49. The van der Waals surface area contributed by atoms with Crippen LogP contribution in [0.5, 0.6) is 0 Å². The first kappa shape index (κ1) is 23.8. The average Bonchev–Trinajstić information content (AvgIpc) is 2.65. The number of aliphatic hydroxyl groups excluding tert-OH is 3. The SMILES string of the molecule is CC(=O)N[C@H]1CN(CO[C@H]2[C@@H](F)[C@@H](CO)NC[C@@H]2NC(C)=O)[C@H](CF)[C@@H](O)[C@@H]1O. The van der Waals surface area contributed by atoms with Gasteiger partial charge in [0.2, 0.25) is 11.8 Å². The molecular weight excluding hydrogens is 394 g/mol. The van der Waals surface area contributed by atoms with Crippen molar-refractivity contribution in [2.75, 3.05) is 33.1 Å². The largest absolute Gasteiger partial charge is 0.395 e. The van der Waals surface area contributed by atoms with Crippen LogP contribution in [-0.4, -0.2) is 114 Å². The molecular formula is C17H30F2N4O6. The first-order valence-electron chi connectivity index (χ1n) is 9.49. The summed E-state index contributed by atoms with van der Waals surface area (Å²) in [6, 6.07) is -3.58. The highest BCUT2D eigenvalue weighted by Gasteiger charge is 2.45. The van der Waals surface area contributed by atoms with Crippen LogP contribution in [0, 0.1) is 0 Å². The van der Waals surface area contributed by atoms with Gasteiger partial charge >= 0.3 is 0 Å². The van der Waals surface area contributed by atoms with Crippen LogP contribution in [0.4, 0.5) is 8.78 Å². The molecule has 0 aromatic carbocycles. The number of hydrogen-bond acceptors (Lipinski definition) is 8. The fourth-order valence-electron chi connectivity index (χ4n) is 3.81. The Bertz CT molecular complexity index is 574. The molecule has 10 nitrogen and oxygen atoms in total. The third-order valence-electron chi connectivity index (χ3n) is 5.32. The van der Waals surface area contributed by atoms with Gasteiger partial charge in [-0.3, -0.25) is 14.5 Å². The summed E-state index contributed by atoms with van der Waals surface area (Å²) in [5.74, 6) is -0.816. The monoisotopic (exact) mass is 424 g/mol. The van der Waals surface area contributed by atoms with Crippen molar-refractivity contribution < 1.29 is 38.4 Å². The van der Waals surface area contributed by atoms with Crippen LogP contribution in [0.1, 0.15) is 13.8 Å². The Morgan fingerprint density at radius 1 is 1.17 bits per heavy atom. The number of nitrogens with zero attached hydrogens (tertiary/aromatic N) is 1. The summed E-state index contributed by atoms with van der Waals surface area (Å²) in [4.78, 5) is 24.1. The highest BCUT2D eigenvalue weighted by molar-refractivity contribution is 5.73. The van der Waals surface area contributed by atoms with E-state index in [0.29, 0.717) is 0 Å². The van der Waals surface area contributed by atoms with E-state index >= 15 is 0 Å². The Hall–Kier alpha value is -1.44. The lowest BCUT2D eigenvalue weighted by Gasteiger charge is -2.46. The number of alkyl halides is 2. The Kier molecular flexibility index (Phi) is 8.67. The fraction of sp³-hybridized carbons (Fsp3) is 0.882. The van der Waals surface area contributed by atoms with E-state index in [4.69, 9.17) is 4.74 Å². The molecule has 12 heteroatoms. The summed E-state index contributed by atoms with van der Waals surface area (Å²) in [5.41, 5.74) is 0. The van der Waals surface area contributed by atoms with Gasteiger partial charge in [0, 0.05) is 26.9 Å². The molecule has 0 unspecified atom stereocenters. The van der Waals surface area contributed by atoms with Crippen molar-refractivity contribution >= 4 is 11.8 Å². The topological polar surface area (TPSA) is 143 Å². The molecule has 0 saturated carbocycles. The van der Waals surface area contributed by atoms with E-state index < -0.39 is 67.8 Å². The minimum Gasteiger partial charge on any atom is -0.395 e. The summed E-state index contributed by atoms with van der Waals surface area (Å²) >= 11 is 0. The number of hydrogen-bond donors (Lipinski definition) is 6. The molecule has 0 aliphatic carbocycles. The summed E-state index contributed by atoms with van der Waals surface area (Å²) in [6.45, 7) is 0.891. The van der Waals surface area contributed by atoms with E-state index in [1.54, 1.807) is 0 Å². The summed E-state index contributed by atoms with van der Waals surface area (Å²) in [6.07, 6.45) is -5.63. The summed E-state index contributed by atoms with van der Waals surface area (Å²) in [7, 11) is 0. The standard InChI is InChI=1S/C17H30F2N4O6/c1-8(25)21-10-4-20-12(6-24)14(19)17(10)29-7-23-5-11(22-9(2)26)15(27)16(28)13(23)3-18/h10-17,20,24,27-28H,3-7H2,1-2H3,(H,21,25)(H,22,26)/t10-,11-,12+,13+,14-,15+,16+,17+/m0/s1. The van der Waals surface area contributed by atoms with Crippen LogP contribution in [0.15, 0.2) is 0 Å². The van der Waals surface area contributed by atoms with Crippen LogP contribution in [-0.2, 0) is 14.3 Å². The lowest BCUT2D eigenvalue weighted by molar-refractivity contribution is -0.156. The second-order valence-electron chi connectivity index (χ2n) is 7.49. The first-order chi connectivity index (χ1) is 13.7. The molecule has 0 radical (unpaired) electrons. The van der Waals surface area contributed by atoms with Crippen molar-refractivity contribution in [2.24, 2.45) is 0 Å². The van der Waals surface area contributed by atoms with Crippen LogP contribution in [0.3, 0.4) is 0 Å². The number of carbonyl (C=O) groups is 2. The third-order valence-corrected chi connectivity index (χ3v) is 5.32. The van der Waals surface area contributed by atoms with Crippen LogP contribution >= 0.6 is 0 Å². The third kappa shape index (κ3) is 5.80. The van der Waals surface area contributed by atoms with Crippen molar-refractivity contribution in [2.45, 2.75) is 62.5 Å². The molecule has 0 aromatic rings. The van der Waals surface area contributed by atoms with Crippen molar-refractivity contribution in [3.63, 3.8) is 0 Å². The zero-order valence-electron chi connectivity index (χ0n) is 16.4. The molecule has 2 saturated heterocycles. The molecule has 2 aliphatic heterocycles. The van der Waals surface area contributed by atoms with Gasteiger partial charge in [-0.05, 0) is 0 Å². The first-order valence-corrected chi connectivity index (χ1v) is 9.49. The van der Waals surface area contributed by atoms with Crippen LogP contribution < -0.4 is 16.0 Å². The molecule has 2 fully saturated rings. The van der Waals surface area contributed by atoms with E-state index in [2.05, 4.69) is 16.0 Å². The van der Waals surface area contributed by atoms with Gasteiger partial charge in [0.15, 0.2) is 0 Å². The molecule has 29 heavy (non-hydrogen) atoms. The normalized spacial score (nSPS) is 38.4. The molecule has 2 aliphatic rings. The maximum absolute atomic E-state index is 14.8. The number of halogens is 2.